The van der Waals surface area contributed by atoms with Gasteiger partial charge in [0.2, 0.25) is 0 Å². The second kappa shape index (κ2) is 12.8. The van der Waals surface area contributed by atoms with Crippen LogP contribution in [-0.2, 0) is 6.18 Å². The van der Waals surface area contributed by atoms with Gasteiger partial charge >= 0.3 is 12.2 Å². The number of hydrogen-bond donors (Lipinski definition) is 4. The molecule has 38 heavy (non-hydrogen) atoms. The molecule has 3 aromatic rings. The highest BCUT2D eigenvalue weighted by Crippen LogP contribution is 2.41. The lowest BCUT2D eigenvalue weighted by Gasteiger charge is -2.19. The average molecular weight is 532 g/mol. The molecule has 0 saturated heterocycles. The normalized spacial score (nSPS) is 11.1. The van der Waals surface area contributed by atoms with Crippen molar-refractivity contribution in [3.05, 3.63) is 72.1 Å². The maximum Gasteiger partial charge on any atom is 0.421 e. The molecule has 202 valence electrons. The third kappa shape index (κ3) is 8.10. The van der Waals surface area contributed by atoms with E-state index in [1.54, 1.807) is 18.2 Å². The van der Waals surface area contributed by atoms with Gasteiger partial charge in [0.1, 0.15) is 35.1 Å². The number of carbonyl (C=O) groups is 2. The number of rotatable bonds is 10. The minimum Gasteiger partial charge on any atom is -0.492 e. The molecule has 3 rings (SSSR count). The van der Waals surface area contributed by atoms with Gasteiger partial charge in [0.05, 0.1) is 5.69 Å². The predicted octanol–water partition coefficient (Wildman–Crippen LogP) is 5.27. The molecule has 0 fully saturated rings. The second-order valence-electron chi connectivity index (χ2n) is 8.30. The summed E-state index contributed by atoms with van der Waals surface area (Å²) < 4.78 is 52.5. The van der Waals surface area contributed by atoms with Crippen LogP contribution in [0.5, 0.6) is 17.2 Å². The van der Waals surface area contributed by atoms with Crippen molar-refractivity contribution in [2.45, 2.75) is 26.1 Å². The lowest BCUT2D eigenvalue weighted by atomic mass is 10.1. The fraction of sp³-hybridized carbons (Fsp3) is 0.269. The van der Waals surface area contributed by atoms with E-state index < -0.39 is 23.5 Å². The smallest absolute Gasteiger partial charge is 0.421 e. The number of carbonyl (C=O) groups excluding carboxylic acids is 2. The summed E-state index contributed by atoms with van der Waals surface area (Å²) in [5.41, 5.74) is -1.01. The molecule has 0 unspecified atom stereocenters. The Morgan fingerprint density at radius 1 is 1.00 bits per heavy atom. The minimum absolute atomic E-state index is 0.0257. The van der Waals surface area contributed by atoms with Crippen molar-refractivity contribution in [1.29, 1.82) is 0 Å². The van der Waals surface area contributed by atoms with Crippen LogP contribution >= 0.6 is 0 Å². The van der Waals surface area contributed by atoms with Gasteiger partial charge in [0.15, 0.2) is 0 Å². The molecule has 3 amide bonds. The van der Waals surface area contributed by atoms with Crippen molar-refractivity contribution in [2.75, 3.05) is 30.8 Å². The monoisotopic (exact) mass is 531 g/mol. The highest BCUT2D eigenvalue weighted by molar-refractivity contribution is 6.00. The molecule has 4 N–H and O–H groups in total. The molecule has 0 aliphatic carbocycles. The number of pyridine rings is 1. The Labute approximate surface area is 217 Å². The second-order valence-corrected chi connectivity index (χ2v) is 8.30. The van der Waals surface area contributed by atoms with Crippen LogP contribution in [0.1, 0.15) is 29.9 Å². The van der Waals surface area contributed by atoms with Gasteiger partial charge in [-0.25, -0.2) is 4.79 Å². The first-order valence-corrected chi connectivity index (χ1v) is 11.7. The molecule has 2 aromatic carbocycles. The SMILES string of the molecule is CNC(=O)c1cc(Oc2ccc(NC(=O)Nc3cccc(OCCNC(C)C)c3C(F)(F)F)cc2)ccn1. The zero-order valence-corrected chi connectivity index (χ0v) is 21.0. The lowest BCUT2D eigenvalue weighted by molar-refractivity contribution is -0.138. The number of hydrogen-bond acceptors (Lipinski definition) is 6. The quantitative estimate of drug-likeness (QED) is 0.265. The molecular weight excluding hydrogens is 503 g/mol. The van der Waals surface area contributed by atoms with E-state index in [9.17, 15) is 22.8 Å². The summed E-state index contributed by atoms with van der Waals surface area (Å²) in [5, 5.41) is 10.3. The van der Waals surface area contributed by atoms with Gasteiger partial charge in [0, 0.05) is 37.6 Å². The summed E-state index contributed by atoms with van der Waals surface area (Å²) in [6, 6.07) is 12.2. The molecule has 0 atom stereocenters. The van der Waals surface area contributed by atoms with Crippen LogP contribution in [0.25, 0.3) is 0 Å². The number of anilines is 2. The summed E-state index contributed by atoms with van der Waals surface area (Å²) >= 11 is 0. The zero-order valence-electron chi connectivity index (χ0n) is 21.0. The van der Waals surface area contributed by atoms with Gasteiger partial charge in [-0.1, -0.05) is 19.9 Å². The number of aromatic nitrogens is 1. The van der Waals surface area contributed by atoms with Crippen molar-refractivity contribution >= 4 is 23.3 Å². The number of halogens is 3. The third-order valence-electron chi connectivity index (χ3n) is 5.01. The topological polar surface area (TPSA) is 114 Å². The van der Waals surface area contributed by atoms with Crippen LogP contribution in [0.3, 0.4) is 0 Å². The van der Waals surface area contributed by atoms with Crippen LogP contribution in [0.2, 0.25) is 0 Å². The predicted molar refractivity (Wildman–Crippen MR) is 137 cm³/mol. The number of ether oxygens (including phenoxy) is 2. The van der Waals surface area contributed by atoms with Gasteiger partial charge in [-0.2, -0.15) is 13.2 Å². The van der Waals surface area contributed by atoms with E-state index in [0.29, 0.717) is 23.7 Å². The van der Waals surface area contributed by atoms with Gasteiger partial charge in [-0.05, 0) is 42.5 Å². The van der Waals surface area contributed by atoms with E-state index in [0.717, 1.165) is 6.07 Å². The maximum atomic E-state index is 13.8. The maximum absolute atomic E-state index is 13.8. The number of nitrogens with zero attached hydrogens (tertiary/aromatic N) is 1. The Balaban J connectivity index is 1.65. The minimum atomic E-state index is -4.76. The lowest BCUT2D eigenvalue weighted by Crippen LogP contribution is -2.28. The Morgan fingerprint density at radius 3 is 2.39 bits per heavy atom. The first-order valence-electron chi connectivity index (χ1n) is 11.7. The summed E-state index contributed by atoms with van der Waals surface area (Å²) in [6.07, 6.45) is -3.33. The molecule has 0 aliphatic heterocycles. The molecule has 0 bridgehead atoms. The van der Waals surface area contributed by atoms with Crippen LogP contribution in [0.15, 0.2) is 60.8 Å². The molecule has 1 aromatic heterocycles. The molecule has 0 saturated carbocycles. The summed E-state index contributed by atoms with van der Waals surface area (Å²) in [5.74, 6) is 0.0352. The molecule has 12 heteroatoms. The van der Waals surface area contributed by atoms with E-state index in [-0.39, 0.29) is 30.0 Å². The van der Waals surface area contributed by atoms with E-state index in [1.165, 1.54) is 43.6 Å². The first-order chi connectivity index (χ1) is 18.1. The number of urea groups is 1. The van der Waals surface area contributed by atoms with Crippen LogP contribution in [0, 0.1) is 0 Å². The zero-order chi connectivity index (χ0) is 27.7. The van der Waals surface area contributed by atoms with Gasteiger partial charge < -0.3 is 30.7 Å². The Morgan fingerprint density at radius 2 is 1.74 bits per heavy atom. The molecule has 0 radical (unpaired) electrons. The average Bonchev–Trinajstić information content (AvgIpc) is 2.86. The Hall–Kier alpha value is -4.32. The molecular formula is C26H28F3N5O4. The van der Waals surface area contributed by atoms with E-state index in [2.05, 4.69) is 26.3 Å². The Kier molecular flexibility index (Phi) is 9.49. The van der Waals surface area contributed by atoms with E-state index in [4.69, 9.17) is 9.47 Å². The highest BCUT2D eigenvalue weighted by atomic mass is 19.4. The van der Waals surface area contributed by atoms with Gasteiger partial charge in [-0.15, -0.1) is 0 Å². The van der Waals surface area contributed by atoms with Gasteiger partial charge in [0.25, 0.3) is 5.91 Å². The largest absolute Gasteiger partial charge is 0.492 e. The van der Waals surface area contributed by atoms with Crippen molar-refractivity contribution < 1.29 is 32.2 Å². The Bertz CT molecular complexity index is 1250. The van der Waals surface area contributed by atoms with Crippen molar-refractivity contribution in [3.63, 3.8) is 0 Å². The first kappa shape index (κ1) is 28.3. The van der Waals surface area contributed by atoms with E-state index in [1.807, 2.05) is 13.8 Å². The number of alkyl halides is 3. The molecule has 0 aliphatic rings. The highest BCUT2D eigenvalue weighted by Gasteiger charge is 2.37. The standard InChI is InChI=1S/C26H28F3N5O4/c1-16(2)31-13-14-37-22-6-4-5-20(23(22)26(27,28)29)34-25(36)33-17-7-9-18(10-8-17)38-19-11-12-32-21(15-19)24(35)30-3/h4-12,15-16,31H,13-14H2,1-3H3,(H,30,35)(H2,33,34,36). The molecule has 1 heterocycles. The number of nitrogens with one attached hydrogen (secondary N) is 4. The summed E-state index contributed by atoms with van der Waals surface area (Å²) in [4.78, 5) is 28.2. The molecule has 0 spiro atoms. The summed E-state index contributed by atoms with van der Waals surface area (Å²) in [7, 11) is 1.49. The fourth-order valence-electron chi connectivity index (χ4n) is 3.31. The van der Waals surface area contributed by atoms with E-state index >= 15 is 0 Å². The number of amides is 3. The number of benzene rings is 2. The van der Waals surface area contributed by atoms with Gasteiger partial charge in [-0.3, -0.25) is 9.78 Å². The van der Waals surface area contributed by atoms with Crippen LogP contribution < -0.4 is 30.7 Å². The fourth-order valence-corrected chi connectivity index (χ4v) is 3.31. The van der Waals surface area contributed by atoms with Crippen molar-refractivity contribution in [1.82, 2.24) is 15.6 Å². The van der Waals surface area contributed by atoms with Crippen molar-refractivity contribution in [2.24, 2.45) is 0 Å². The van der Waals surface area contributed by atoms with Crippen LogP contribution in [0.4, 0.5) is 29.3 Å². The van der Waals surface area contributed by atoms with Crippen molar-refractivity contribution in [3.8, 4) is 17.2 Å². The summed E-state index contributed by atoms with van der Waals surface area (Å²) in [6.45, 7) is 4.22. The molecule has 9 nitrogen and oxygen atoms in total. The third-order valence-corrected chi connectivity index (χ3v) is 5.01. The van der Waals surface area contributed by atoms with Crippen LogP contribution in [-0.4, -0.2) is 43.2 Å².